The van der Waals surface area contributed by atoms with E-state index in [9.17, 15) is 4.79 Å². The number of carbonyl (C=O) groups is 1. The third kappa shape index (κ3) is 5.33. The molecule has 2 aromatic rings. The summed E-state index contributed by atoms with van der Waals surface area (Å²) in [6, 6.07) is 18.9. The van der Waals surface area contributed by atoms with E-state index in [1.807, 2.05) is 18.2 Å². The molecule has 0 aromatic heterocycles. The van der Waals surface area contributed by atoms with E-state index in [1.165, 1.54) is 11.1 Å². The van der Waals surface area contributed by atoms with Gasteiger partial charge in [0.25, 0.3) is 0 Å². The maximum atomic E-state index is 12.4. The summed E-state index contributed by atoms with van der Waals surface area (Å²) in [6.45, 7) is 4.74. The van der Waals surface area contributed by atoms with Crippen molar-refractivity contribution in [2.75, 3.05) is 20.2 Å². The first-order valence-electron chi connectivity index (χ1n) is 9.85. The Kier molecular flexibility index (Phi) is 6.88. The van der Waals surface area contributed by atoms with Crippen LogP contribution in [-0.2, 0) is 11.3 Å². The molecule has 2 aromatic carbocycles. The fraction of sp³-hybridized carbons (Fsp3) is 0.435. The molecule has 4 nitrogen and oxygen atoms in total. The molecule has 0 aliphatic carbocycles. The molecular formula is C23H30N2O2. The highest BCUT2D eigenvalue weighted by Gasteiger charge is 2.31. The van der Waals surface area contributed by atoms with Crippen LogP contribution in [0.15, 0.2) is 54.6 Å². The minimum Gasteiger partial charge on any atom is -0.497 e. The standard InChI is InChI=1S/C23H30N2O2/c1-18(20-8-4-3-5-9-20)17-25-21(11-12-23(25)26)13-14-24-16-19-7-6-10-22(15-19)27-2/h3-10,15,18,21,24H,11-14,16-17H2,1-2H3/t18-,21+/m1/s1. The zero-order valence-corrected chi connectivity index (χ0v) is 16.4. The van der Waals surface area contributed by atoms with Crippen molar-refractivity contribution in [3.63, 3.8) is 0 Å². The summed E-state index contributed by atoms with van der Waals surface area (Å²) < 4.78 is 5.27. The van der Waals surface area contributed by atoms with Crippen molar-refractivity contribution >= 4 is 5.91 Å². The molecule has 1 heterocycles. The van der Waals surface area contributed by atoms with Gasteiger partial charge in [0.15, 0.2) is 0 Å². The molecule has 0 bridgehead atoms. The molecule has 3 rings (SSSR count). The van der Waals surface area contributed by atoms with Gasteiger partial charge < -0.3 is 15.0 Å². The number of methoxy groups -OCH3 is 1. The number of benzene rings is 2. The molecule has 1 N–H and O–H groups in total. The number of likely N-dealkylation sites (tertiary alicyclic amines) is 1. The minimum atomic E-state index is 0.301. The first-order chi connectivity index (χ1) is 13.2. The van der Waals surface area contributed by atoms with Gasteiger partial charge in [0.1, 0.15) is 5.75 Å². The molecule has 4 heteroatoms. The van der Waals surface area contributed by atoms with E-state index < -0.39 is 0 Å². The molecule has 1 aliphatic rings. The van der Waals surface area contributed by atoms with Gasteiger partial charge in [0.05, 0.1) is 7.11 Å². The Labute approximate surface area is 162 Å². The third-order valence-corrected chi connectivity index (χ3v) is 5.41. The largest absolute Gasteiger partial charge is 0.497 e. The molecular weight excluding hydrogens is 336 g/mol. The maximum Gasteiger partial charge on any atom is 0.222 e. The van der Waals surface area contributed by atoms with Gasteiger partial charge in [-0.3, -0.25) is 4.79 Å². The van der Waals surface area contributed by atoms with Crippen LogP contribution in [0.2, 0.25) is 0 Å². The van der Waals surface area contributed by atoms with Crippen LogP contribution in [0.3, 0.4) is 0 Å². The van der Waals surface area contributed by atoms with E-state index in [2.05, 4.69) is 53.5 Å². The smallest absolute Gasteiger partial charge is 0.222 e. The quantitative estimate of drug-likeness (QED) is 0.683. The molecule has 2 atom stereocenters. The molecule has 1 fully saturated rings. The van der Waals surface area contributed by atoms with E-state index in [1.54, 1.807) is 7.11 Å². The summed E-state index contributed by atoms with van der Waals surface area (Å²) in [4.78, 5) is 14.5. The van der Waals surface area contributed by atoms with Crippen molar-refractivity contribution in [1.29, 1.82) is 0 Å². The number of nitrogens with one attached hydrogen (secondary N) is 1. The summed E-state index contributed by atoms with van der Waals surface area (Å²) >= 11 is 0. The van der Waals surface area contributed by atoms with Gasteiger partial charge in [-0.25, -0.2) is 0 Å². The van der Waals surface area contributed by atoms with Crippen molar-refractivity contribution in [2.24, 2.45) is 0 Å². The Hall–Kier alpha value is -2.33. The molecule has 0 spiro atoms. The van der Waals surface area contributed by atoms with Gasteiger partial charge in [-0.2, -0.15) is 0 Å². The van der Waals surface area contributed by atoms with Crippen LogP contribution in [0.4, 0.5) is 0 Å². The van der Waals surface area contributed by atoms with Crippen LogP contribution >= 0.6 is 0 Å². The molecule has 0 saturated carbocycles. The number of hydrogen-bond donors (Lipinski definition) is 1. The lowest BCUT2D eigenvalue weighted by Gasteiger charge is -2.28. The third-order valence-electron chi connectivity index (χ3n) is 5.41. The van der Waals surface area contributed by atoms with E-state index in [4.69, 9.17) is 4.74 Å². The van der Waals surface area contributed by atoms with Crippen LogP contribution < -0.4 is 10.1 Å². The van der Waals surface area contributed by atoms with Crippen molar-refractivity contribution in [3.05, 3.63) is 65.7 Å². The SMILES string of the molecule is COc1cccc(CNCC[C@@H]2CCC(=O)N2C[C@@H](C)c2ccccc2)c1. The number of amides is 1. The second-order valence-electron chi connectivity index (χ2n) is 7.37. The van der Waals surface area contributed by atoms with E-state index in [0.717, 1.165) is 38.2 Å². The second-order valence-corrected chi connectivity index (χ2v) is 7.37. The second kappa shape index (κ2) is 9.56. The molecule has 0 radical (unpaired) electrons. The van der Waals surface area contributed by atoms with E-state index in [-0.39, 0.29) is 0 Å². The lowest BCUT2D eigenvalue weighted by molar-refractivity contribution is -0.129. The van der Waals surface area contributed by atoms with Gasteiger partial charge in [0.2, 0.25) is 5.91 Å². The zero-order valence-electron chi connectivity index (χ0n) is 16.4. The Morgan fingerprint density at radius 1 is 1.19 bits per heavy atom. The first-order valence-corrected chi connectivity index (χ1v) is 9.85. The summed E-state index contributed by atoms with van der Waals surface area (Å²) in [5, 5.41) is 3.51. The molecule has 1 amide bonds. The van der Waals surface area contributed by atoms with E-state index >= 15 is 0 Å². The van der Waals surface area contributed by atoms with Gasteiger partial charge >= 0.3 is 0 Å². The van der Waals surface area contributed by atoms with Crippen LogP contribution in [-0.4, -0.2) is 37.0 Å². The van der Waals surface area contributed by atoms with Gasteiger partial charge in [0, 0.05) is 25.6 Å². The lowest BCUT2D eigenvalue weighted by Crippen LogP contribution is -2.37. The van der Waals surface area contributed by atoms with Crippen LogP contribution in [0.1, 0.15) is 43.2 Å². The highest BCUT2D eigenvalue weighted by atomic mass is 16.5. The van der Waals surface area contributed by atoms with E-state index in [0.29, 0.717) is 24.3 Å². The maximum absolute atomic E-state index is 12.4. The Morgan fingerprint density at radius 3 is 2.78 bits per heavy atom. The van der Waals surface area contributed by atoms with Crippen molar-refractivity contribution < 1.29 is 9.53 Å². The Morgan fingerprint density at radius 2 is 2.00 bits per heavy atom. The van der Waals surface area contributed by atoms with Crippen molar-refractivity contribution in [3.8, 4) is 5.75 Å². The number of carbonyl (C=O) groups excluding carboxylic acids is 1. The monoisotopic (exact) mass is 366 g/mol. The average molecular weight is 367 g/mol. The molecule has 1 saturated heterocycles. The minimum absolute atomic E-state index is 0.301. The molecule has 1 aliphatic heterocycles. The average Bonchev–Trinajstić information content (AvgIpc) is 3.05. The Balaban J connectivity index is 1.47. The van der Waals surface area contributed by atoms with Crippen LogP contribution in [0.25, 0.3) is 0 Å². The number of rotatable bonds is 9. The highest BCUT2D eigenvalue weighted by Crippen LogP contribution is 2.25. The lowest BCUT2D eigenvalue weighted by atomic mass is 10.00. The van der Waals surface area contributed by atoms with Gasteiger partial charge in [-0.15, -0.1) is 0 Å². The number of nitrogens with zero attached hydrogens (tertiary/aromatic N) is 1. The van der Waals surface area contributed by atoms with Crippen molar-refractivity contribution in [2.45, 2.75) is 44.7 Å². The summed E-state index contributed by atoms with van der Waals surface area (Å²) in [7, 11) is 1.69. The van der Waals surface area contributed by atoms with Gasteiger partial charge in [-0.05, 0) is 48.6 Å². The molecule has 0 unspecified atom stereocenters. The van der Waals surface area contributed by atoms with Crippen molar-refractivity contribution in [1.82, 2.24) is 10.2 Å². The molecule has 144 valence electrons. The highest BCUT2D eigenvalue weighted by molar-refractivity contribution is 5.78. The summed E-state index contributed by atoms with van der Waals surface area (Å²) in [5.74, 6) is 1.55. The normalized spacial score (nSPS) is 17.9. The van der Waals surface area contributed by atoms with Gasteiger partial charge in [-0.1, -0.05) is 49.4 Å². The number of ether oxygens (including phenoxy) is 1. The predicted octanol–water partition coefficient (Wildman–Crippen LogP) is 3.97. The zero-order chi connectivity index (χ0) is 19.1. The Bertz CT molecular complexity index is 732. The number of hydrogen-bond acceptors (Lipinski definition) is 3. The summed E-state index contributed by atoms with van der Waals surface area (Å²) in [5.41, 5.74) is 2.51. The summed E-state index contributed by atoms with van der Waals surface area (Å²) in [6.07, 6.45) is 2.65. The fourth-order valence-corrected chi connectivity index (χ4v) is 3.81. The van der Waals surface area contributed by atoms with Crippen LogP contribution in [0.5, 0.6) is 5.75 Å². The topological polar surface area (TPSA) is 41.6 Å². The predicted molar refractivity (Wildman–Crippen MR) is 109 cm³/mol. The molecule has 27 heavy (non-hydrogen) atoms. The first kappa shape index (κ1) is 19.4. The fourth-order valence-electron chi connectivity index (χ4n) is 3.81. The van der Waals surface area contributed by atoms with Crippen LogP contribution in [0, 0.1) is 0 Å².